The Bertz CT molecular complexity index is 595. The van der Waals surface area contributed by atoms with Gasteiger partial charge in [-0.25, -0.2) is 0 Å². The van der Waals surface area contributed by atoms with Crippen LogP contribution in [0.1, 0.15) is 23.3 Å². The molecule has 0 spiro atoms. The first-order valence-electron chi connectivity index (χ1n) is 6.59. The van der Waals surface area contributed by atoms with E-state index in [0.717, 1.165) is 26.6 Å². The average molecular weight is 417 g/mol. The molecular formula is C15H15Br2NOS. The molecule has 1 aromatic carbocycles. The van der Waals surface area contributed by atoms with E-state index in [1.165, 1.54) is 23.3 Å². The third-order valence-electron chi connectivity index (χ3n) is 3.19. The van der Waals surface area contributed by atoms with E-state index in [-0.39, 0.29) is 0 Å². The maximum atomic E-state index is 5.86. The van der Waals surface area contributed by atoms with E-state index < -0.39 is 0 Å². The van der Waals surface area contributed by atoms with Gasteiger partial charge >= 0.3 is 0 Å². The van der Waals surface area contributed by atoms with Gasteiger partial charge in [0.05, 0.1) is 3.79 Å². The lowest BCUT2D eigenvalue weighted by Crippen LogP contribution is -2.15. The summed E-state index contributed by atoms with van der Waals surface area (Å²) in [6.45, 7) is 1.51. The molecule has 1 aliphatic rings. The summed E-state index contributed by atoms with van der Waals surface area (Å²) in [5.74, 6) is 0.922. The first-order valence-corrected chi connectivity index (χ1v) is 9.00. The van der Waals surface area contributed by atoms with Crippen LogP contribution in [-0.2, 0) is 13.2 Å². The summed E-state index contributed by atoms with van der Waals surface area (Å²) >= 11 is 8.78. The van der Waals surface area contributed by atoms with Gasteiger partial charge in [0.25, 0.3) is 0 Å². The smallest absolute Gasteiger partial charge is 0.122 e. The second kappa shape index (κ2) is 6.60. The van der Waals surface area contributed by atoms with Crippen molar-refractivity contribution < 1.29 is 4.74 Å². The van der Waals surface area contributed by atoms with Crippen molar-refractivity contribution in [1.82, 2.24) is 5.32 Å². The largest absolute Gasteiger partial charge is 0.488 e. The topological polar surface area (TPSA) is 21.3 Å². The van der Waals surface area contributed by atoms with Crippen LogP contribution in [0.3, 0.4) is 0 Å². The molecule has 2 aromatic rings. The summed E-state index contributed by atoms with van der Waals surface area (Å²) in [4.78, 5) is 1.22. The Balaban J connectivity index is 1.61. The Kier molecular flexibility index (Phi) is 4.81. The van der Waals surface area contributed by atoms with E-state index >= 15 is 0 Å². The van der Waals surface area contributed by atoms with Crippen LogP contribution in [0.5, 0.6) is 5.75 Å². The van der Waals surface area contributed by atoms with E-state index in [2.05, 4.69) is 61.4 Å². The van der Waals surface area contributed by atoms with E-state index in [1.54, 1.807) is 11.3 Å². The molecule has 3 rings (SSSR count). The van der Waals surface area contributed by atoms with Crippen molar-refractivity contribution in [3.05, 3.63) is 49.0 Å². The SMILES string of the molecule is Brc1ccc(COc2ccc(Br)c(CNC3CC3)c2)s1. The second-order valence-corrected chi connectivity index (χ2v) is 8.30. The lowest BCUT2D eigenvalue weighted by atomic mass is 10.2. The van der Waals surface area contributed by atoms with Gasteiger partial charge in [0, 0.05) is 21.9 Å². The summed E-state index contributed by atoms with van der Waals surface area (Å²) in [5.41, 5.74) is 1.25. The Hall–Kier alpha value is -0.360. The highest BCUT2D eigenvalue weighted by Crippen LogP contribution is 2.27. The summed E-state index contributed by atoms with van der Waals surface area (Å²) < 4.78 is 8.14. The monoisotopic (exact) mass is 415 g/mol. The molecule has 0 atom stereocenters. The zero-order chi connectivity index (χ0) is 13.9. The minimum Gasteiger partial charge on any atom is -0.488 e. The number of ether oxygens (including phenoxy) is 1. The molecule has 2 nitrogen and oxygen atoms in total. The highest BCUT2D eigenvalue weighted by Gasteiger charge is 2.20. The van der Waals surface area contributed by atoms with Crippen molar-refractivity contribution in [2.45, 2.75) is 32.0 Å². The fraction of sp³-hybridized carbons (Fsp3) is 0.333. The van der Waals surface area contributed by atoms with Gasteiger partial charge in [-0.05, 0) is 64.7 Å². The van der Waals surface area contributed by atoms with Gasteiger partial charge in [-0.2, -0.15) is 0 Å². The van der Waals surface area contributed by atoms with E-state index in [1.807, 2.05) is 6.07 Å². The van der Waals surface area contributed by atoms with E-state index in [9.17, 15) is 0 Å². The standard InChI is InChI=1S/C15H15Br2NOS/c16-14-5-3-12(7-10(14)8-18-11-1-2-11)19-9-13-4-6-15(17)20-13/h3-7,11,18H,1-2,8-9H2. The third kappa shape index (κ3) is 4.07. The molecule has 1 aliphatic carbocycles. The quantitative estimate of drug-likeness (QED) is 0.706. The van der Waals surface area contributed by atoms with Crippen molar-refractivity contribution >= 4 is 43.2 Å². The van der Waals surface area contributed by atoms with Crippen molar-refractivity contribution in [3.8, 4) is 5.75 Å². The maximum Gasteiger partial charge on any atom is 0.122 e. The van der Waals surface area contributed by atoms with Crippen LogP contribution in [0.4, 0.5) is 0 Å². The predicted octanol–water partition coefficient (Wildman–Crippen LogP) is 5.10. The second-order valence-electron chi connectivity index (χ2n) is 4.90. The molecule has 1 fully saturated rings. The van der Waals surface area contributed by atoms with Crippen LogP contribution in [0, 0.1) is 0 Å². The Morgan fingerprint density at radius 3 is 2.75 bits per heavy atom. The highest BCUT2D eigenvalue weighted by molar-refractivity contribution is 9.11. The minimum atomic E-state index is 0.618. The maximum absolute atomic E-state index is 5.86. The molecule has 0 unspecified atom stereocenters. The molecule has 106 valence electrons. The lowest BCUT2D eigenvalue weighted by Gasteiger charge is -2.10. The van der Waals surface area contributed by atoms with Crippen LogP contribution in [0.2, 0.25) is 0 Å². The van der Waals surface area contributed by atoms with Crippen LogP contribution in [0.15, 0.2) is 38.6 Å². The summed E-state index contributed by atoms with van der Waals surface area (Å²) in [6, 6.07) is 11.0. The number of nitrogens with one attached hydrogen (secondary N) is 1. The molecule has 1 N–H and O–H groups in total. The number of hydrogen-bond donors (Lipinski definition) is 1. The zero-order valence-electron chi connectivity index (χ0n) is 10.9. The van der Waals surface area contributed by atoms with Gasteiger partial charge in [0.15, 0.2) is 0 Å². The van der Waals surface area contributed by atoms with Crippen molar-refractivity contribution in [2.75, 3.05) is 0 Å². The van der Waals surface area contributed by atoms with Crippen LogP contribution in [-0.4, -0.2) is 6.04 Å². The van der Waals surface area contributed by atoms with Crippen LogP contribution < -0.4 is 10.1 Å². The highest BCUT2D eigenvalue weighted by atomic mass is 79.9. The molecule has 1 saturated carbocycles. The molecule has 20 heavy (non-hydrogen) atoms. The van der Waals surface area contributed by atoms with E-state index in [0.29, 0.717) is 6.61 Å². The Morgan fingerprint density at radius 1 is 1.20 bits per heavy atom. The van der Waals surface area contributed by atoms with Crippen molar-refractivity contribution in [1.29, 1.82) is 0 Å². The van der Waals surface area contributed by atoms with Crippen LogP contribution in [0.25, 0.3) is 0 Å². The number of hydrogen-bond acceptors (Lipinski definition) is 3. The first-order chi connectivity index (χ1) is 9.70. The van der Waals surface area contributed by atoms with Gasteiger partial charge in [-0.1, -0.05) is 15.9 Å². The lowest BCUT2D eigenvalue weighted by molar-refractivity contribution is 0.309. The molecule has 0 amide bonds. The molecular weight excluding hydrogens is 402 g/mol. The molecule has 0 aliphatic heterocycles. The number of thiophene rings is 1. The normalized spacial score (nSPS) is 14.5. The minimum absolute atomic E-state index is 0.618. The van der Waals surface area contributed by atoms with Gasteiger partial charge in [-0.3, -0.25) is 0 Å². The molecule has 5 heteroatoms. The number of rotatable bonds is 6. The fourth-order valence-electron chi connectivity index (χ4n) is 1.90. The van der Waals surface area contributed by atoms with Crippen molar-refractivity contribution in [3.63, 3.8) is 0 Å². The van der Waals surface area contributed by atoms with Gasteiger partial charge in [-0.15, -0.1) is 11.3 Å². The van der Waals surface area contributed by atoms with Crippen molar-refractivity contribution in [2.24, 2.45) is 0 Å². The van der Waals surface area contributed by atoms with Gasteiger partial charge in [0.2, 0.25) is 0 Å². The Labute approximate surface area is 139 Å². The summed E-state index contributed by atoms with van der Waals surface area (Å²) in [5, 5.41) is 3.53. The van der Waals surface area contributed by atoms with Gasteiger partial charge in [0.1, 0.15) is 12.4 Å². The Morgan fingerprint density at radius 2 is 2.05 bits per heavy atom. The van der Waals surface area contributed by atoms with E-state index in [4.69, 9.17) is 4.74 Å². The summed E-state index contributed by atoms with van der Waals surface area (Å²) in [7, 11) is 0. The van der Waals surface area contributed by atoms with Crippen LogP contribution >= 0.6 is 43.2 Å². The van der Waals surface area contributed by atoms with Gasteiger partial charge < -0.3 is 10.1 Å². The molecule has 1 heterocycles. The number of halogens is 2. The fourth-order valence-corrected chi connectivity index (χ4v) is 3.69. The molecule has 0 saturated heterocycles. The third-order valence-corrected chi connectivity index (χ3v) is 5.56. The molecule has 1 aromatic heterocycles. The zero-order valence-corrected chi connectivity index (χ0v) is 14.9. The molecule has 0 radical (unpaired) electrons. The first kappa shape index (κ1) is 14.6. The molecule has 0 bridgehead atoms. The number of benzene rings is 1. The average Bonchev–Trinajstić information content (AvgIpc) is 3.18. The predicted molar refractivity (Wildman–Crippen MR) is 90.4 cm³/mol. The summed E-state index contributed by atoms with van der Waals surface area (Å²) in [6.07, 6.45) is 2.61.